The summed E-state index contributed by atoms with van der Waals surface area (Å²) in [5.74, 6) is -2.21. The summed E-state index contributed by atoms with van der Waals surface area (Å²) in [5, 5.41) is 2.40. The Morgan fingerprint density at radius 1 is 1.12 bits per heavy atom. The molecule has 0 radical (unpaired) electrons. The van der Waals surface area contributed by atoms with Gasteiger partial charge in [-0.25, -0.2) is 9.18 Å². The number of carbonyl (C=O) groups is 2. The van der Waals surface area contributed by atoms with Crippen molar-refractivity contribution in [1.29, 1.82) is 0 Å². The van der Waals surface area contributed by atoms with Crippen molar-refractivity contribution in [3.05, 3.63) is 53.8 Å². The number of alkyl halides is 2. The van der Waals surface area contributed by atoms with Gasteiger partial charge >= 0.3 is 12.6 Å². The molecule has 0 atom stereocenters. The molecule has 2 rings (SSSR count). The monoisotopic (exact) mass is 354 g/mol. The lowest BCUT2D eigenvalue weighted by Gasteiger charge is -2.09. The van der Waals surface area contributed by atoms with E-state index in [4.69, 9.17) is 10.5 Å². The van der Waals surface area contributed by atoms with Gasteiger partial charge in [0.2, 0.25) is 0 Å². The smallest absolute Gasteiger partial charge is 0.387 e. The zero-order valence-corrected chi connectivity index (χ0v) is 12.7. The third-order valence-electron chi connectivity index (χ3n) is 2.93. The summed E-state index contributed by atoms with van der Waals surface area (Å²) in [6.07, 6.45) is 0. The Hall–Kier alpha value is -3.23. The molecule has 0 aliphatic rings. The Bertz CT molecular complexity index is 766. The second-order valence-corrected chi connectivity index (χ2v) is 4.76. The van der Waals surface area contributed by atoms with Crippen LogP contribution in [0.15, 0.2) is 42.5 Å². The van der Waals surface area contributed by atoms with Crippen LogP contribution in [0, 0.1) is 5.82 Å². The Labute approximate surface area is 140 Å². The van der Waals surface area contributed by atoms with Crippen LogP contribution in [0.3, 0.4) is 0 Å². The molecular formula is C16H13F3N2O4. The number of carbonyl (C=O) groups excluding carboxylic acids is 2. The zero-order chi connectivity index (χ0) is 18.4. The van der Waals surface area contributed by atoms with Gasteiger partial charge in [-0.2, -0.15) is 8.78 Å². The predicted octanol–water partition coefficient (Wildman–Crippen LogP) is 2.80. The molecule has 0 fully saturated rings. The molecule has 2 aromatic carbocycles. The van der Waals surface area contributed by atoms with Crippen LogP contribution in [0.1, 0.15) is 10.4 Å². The number of hydrogen-bond donors (Lipinski definition) is 2. The first-order chi connectivity index (χ1) is 11.8. The van der Waals surface area contributed by atoms with Gasteiger partial charge in [-0.05, 0) is 42.5 Å². The fraction of sp³-hybridized carbons (Fsp3) is 0.125. The minimum atomic E-state index is -2.95. The van der Waals surface area contributed by atoms with Crippen molar-refractivity contribution in [2.75, 3.05) is 17.7 Å². The molecule has 9 heteroatoms. The van der Waals surface area contributed by atoms with Crippen molar-refractivity contribution in [3.63, 3.8) is 0 Å². The summed E-state index contributed by atoms with van der Waals surface area (Å²) in [6.45, 7) is -3.55. The van der Waals surface area contributed by atoms with Crippen LogP contribution >= 0.6 is 0 Å². The van der Waals surface area contributed by atoms with Crippen molar-refractivity contribution in [1.82, 2.24) is 0 Å². The van der Waals surface area contributed by atoms with Gasteiger partial charge in [0, 0.05) is 11.4 Å². The van der Waals surface area contributed by atoms with E-state index in [0.29, 0.717) is 5.69 Å². The average Bonchev–Trinajstić information content (AvgIpc) is 2.54. The molecule has 3 N–H and O–H groups in total. The van der Waals surface area contributed by atoms with Gasteiger partial charge in [0.25, 0.3) is 5.91 Å². The maximum Gasteiger partial charge on any atom is 0.387 e. The first-order valence-electron chi connectivity index (χ1n) is 6.92. The molecule has 0 aliphatic heterocycles. The lowest BCUT2D eigenvalue weighted by Crippen LogP contribution is -2.21. The third kappa shape index (κ3) is 5.41. The van der Waals surface area contributed by atoms with Crippen molar-refractivity contribution >= 4 is 23.3 Å². The predicted molar refractivity (Wildman–Crippen MR) is 82.8 cm³/mol. The van der Waals surface area contributed by atoms with E-state index in [1.54, 1.807) is 0 Å². The van der Waals surface area contributed by atoms with E-state index in [1.165, 1.54) is 24.3 Å². The van der Waals surface area contributed by atoms with E-state index >= 15 is 0 Å². The fourth-order valence-corrected chi connectivity index (χ4v) is 1.85. The summed E-state index contributed by atoms with van der Waals surface area (Å²) in [4.78, 5) is 23.5. The van der Waals surface area contributed by atoms with Gasteiger partial charge in [0.1, 0.15) is 11.6 Å². The molecule has 0 saturated carbocycles. The third-order valence-corrected chi connectivity index (χ3v) is 2.93. The first kappa shape index (κ1) is 18.1. The summed E-state index contributed by atoms with van der Waals surface area (Å²) in [5.41, 5.74) is 5.61. The van der Waals surface area contributed by atoms with Crippen LogP contribution in [0.5, 0.6) is 5.75 Å². The van der Waals surface area contributed by atoms with Gasteiger partial charge in [0.05, 0.1) is 5.56 Å². The molecule has 0 spiro atoms. The second-order valence-electron chi connectivity index (χ2n) is 4.76. The number of halogens is 3. The Morgan fingerprint density at radius 3 is 2.40 bits per heavy atom. The number of ether oxygens (including phenoxy) is 2. The van der Waals surface area contributed by atoms with E-state index in [1.807, 2.05) is 0 Å². The van der Waals surface area contributed by atoms with Gasteiger partial charge in [-0.15, -0.1) is 0 Å². The number of esters is 1. The first-order valence-corrected chi connectivity index (χ1v) is 6.92. The van der Waals surface area contributed by atoms with Crippen LogP contribution in [-0.2, 0) is 9.53 Å². The summed E-state index contributed by atoms with van der Waals surface area (Å²) >= 11 is 0. The summed E-state index contributed by atoms with van der Waals surface area (Å²) in [7, 11) is 0. The molecule has 0 saturated heterocycles. The highest BCUT2D eigenvalue weighted by Crippen LogP contribution is 2.18. The lowest BCUT2D eigenvalue weighted by atomic mass is 10.2. The molecule has 0 heterocycles. The topological polar surface area (TPSA) is 90.7 Å². The lowest BCUT2D eigenvalue weighted by molar-refractivity contribution is -0.119. The fourth-order valence-electron chi connectivity index (χ4n) is 1.85. The number of nitrogens with one attached hydrogen (secondary N) is 1. The summed E-state index contributed by atoms with van der Waals surface area (Å²) < 4.78 is 45.9. The molecule has 0 bridgehead atoms. The number of amides is 1. The second kappa shape index (κ2) is 8.04. The van der Waals surface area contributed by atoms with Crippen molar-refractivity contribution in [2.24, 2.45) is 0 Å². The van der Waals surface area contributed by atoms with E-state index in [0.717, 1.165) is 18.2 Å². The van der Waals surface area contributed by atoms with Crippen molar-refractivity contribution in [2.45, 2.75) is 6.61 Å². The number of nitrogen functional groups attached to an aromatic ring is 1. The average molecular weight is 354 g/mol. The Balaban J connectivity index is 1.86. The summed E-state index contributed by atoms with van der Waals surface area (Å²) in [6, 6.07) is 8.31. The van der Waals surface area contributed by atoms with Crippen LogP contribution in [0.2, 0.25) is 0 Å². The van der Waals surface area contributed by atoms with E-state index in [9.17, 15) is 22.8 Å². The van der Waals surface area contributed by atoms with Gasteiger partial charge in [0.15, 0.2) is 6.61 Å². The van der Waals surface area contributed by atoms with Crippen molar-refractivity contribution < 1.29 is 32.2 Å². The largest absolute Gasteiger partial charge is 0.452 e. The van der Waals surface area contributed by atoms with E-state index in [-0.39, 0.29) is 17.0 Å². The van der Waals surface area contributed by atoms with Gasteiger partial charge < -0.3 is 20.5 Å². The molecule has 2 aromatic rings. The number of anilines is 2. The highest BCUT2D eigenvalue weighted by Gasteiger charge is 2.14. The van der Waals surface area contributed by atoms with Crippen LogP contribution in [-0.4, -0.2) is 25.1 Å². The highest BCUT2D eigenvalue weighted by atomic mass is 19.3. The van der Waals surface area contributed by atoms with Crippen LogP contribution in [0.25, 0.3) is 0 Å². The molecule has 25 heavy (non-hydrogen) atoms. The standard InChI is InChI=1S/C16H13F3N2O4/c17-9-1-6-12(13(20)7-9)15(23)24-8-14(22)21-10-2-4-11(5-3-10)25-16(18)19/h1-7,16H,8,20H2,(H,21,22). The maximum absolute atomic E-state index is 12.9. The molecule has 0 unspecified atom stereocenters. The SMILES string of the molecule is Nc1cc(F)ccc1C(=O)OCC(=O)Nc1ccc(OC(F)F)cc1. The Morgan fingerprint density at radius 2 is 1.80 bits per heavy atom. The maximum atomic E-state index is 12.9. The molecule has 0 aliphatic carbocycles. The van der Waals surface area contributed by atoms with E-state index in [2.05, 4.69) is 10.1 Å². The molecule has 0 aromatic heterocycles. The molecule has 132 valence electrons. The minimum Gasteiger partial charge on any atom is -0.452 e. The number of benzene rings is 2. The normalized spacial score (nSPS) is 10.4. The number of rotatable bonds is 6. The quantitative estimate of drug-likeness (QED) is 0.615. The van der Waals surface area contributed by atoms with Crippen molar-refractivity contribution in [3.8, 4) is 5.75 Å². The van der Waals surface area contributed by atoms with Gasteiger partial charge in [-0.1, -0.05) is 0 Å². The molecule has 1 amide bonds. The zero-order valence-electron chi connectivity index (χ0n) is 12.7. The number of hydrogen-bond acceptors (Lipinski definition) is 5. The molecular weight excluding hydrogens is 341 g/mol. The highest BCUT2D eigenvalue weighted by molar-refractivity contribution is 5.98. The minimum absolute atomic E-state index is 0.0637. The van der Waals surface area contributed by atoms with E-state index < -0.39 is 30.9 Å². The molecule has 6 nitrogen and oxygen atoms in total. The van der Waals surface area contributed by atoms with Crippen LogP contribution < -0.4 is 15.8 Å². The Kier molecular flexibility index (Phi) is 5.83. The van der Waals surface area contributed by atoms with Crippen LogP contribution in [0.4, 0.5) is 24.5 Å². The van der Waals surface area contributed by atoms with Gasteiger partial charge in [-0.3, -0.25) is 4.79 Å². The number of nitrogens with two attached hydrogens (primary N) is 1.